The first-order valence-corrected chi connectivity index (χ1v) is 11.6. The van der Waals surface area contributed by atoms with E-state index in [1.165, 1.54) is 0 Å². The molecule has 0 saturated heterocycles. The lowest BCUT2D eigenvalue weighted by molar-refractivity contribution is -0.162. The summed E-state index contributed by atoms with van der Waals surface area (Å²) in [5, 5.41) is 26.3. The fourth-order valence-corrected chi connectivity index (χ4v) is 4.08. The summed E-state index contributed by atoms with van der Waals surface area (Å²) in [6, 6.07) is 5.76. The van der Waals surface area contributed by atoms with Gasteiger partial charge in [0.2, 0.25) is 5.91 Å². The Kier molecular flexibility index (Phi) is 8.46. The number of carbonyl (C=O) groups is 3. The highest BCUT2D eigenvalue weighted by Gasteiger charge is 2.30. The van der Waals surface area contributed by atoms with E-state index >= 15 is 0 Å². The largest absolute Gasteiger partial charge is 0.383 e. The van der Waals surface area contributed by atoms with Crippen molar-refractivity contribution in [1.82, 2.24) is 20.3 Å². The van der Waals surface area contributed by atoms with E-state index in [9.17, 15) is 24.7 Å². The number of nitrogens with one attached hydrogen (secondary N) is 2. The molecule has 2 heterocycles. The maximum Gasteiger partial charge on any atom is 0.349 e. The number of aromatic nitrogens is 1. The molecule has 2 atom stereocenters. The van der Waals surface area contributed by atoms with Crippen molar-refractivity contribution in [3.63, 3.8) is 0 Å². The zero-order chi connectivity index (χ0) is 24.0. The van der Waals surface area contributed by atoms with Gasteiger partial charge >= 0.3 is 6.03 Å². The van der Waals surface area contributed by atoms with Crippen molar-refractivity contribution in [2.75, 3.05) is 6.54 Å². The lowest BCUT2D eigenvalue weighted by atomic mass is 10.0. The number of fused-ring (bicyclic) bond motifs is 5. The molecule has 33 heavy (non-hydrogen) atoms. The number of aliphatic hydroxyl groups is 1. The van der Waals surface area contributed by atoms with Crippen LogP contribution < -0.4 is 10.6 Å². The monoisotopic (exact) mass is 458 g/mol. The van der Waals surface area contributed by atoms with Crippen LogP contribution in [0.3, 0.4) is 0 Å². The number of hydrogen-bond donors (Lipinski definition) is 4. The maximum atomic E-state index is 12.9. The first-order valence-electron chi connectivity index (χ1n) is 11.6. The van der Waals surface area contributed by atoms with Crippen LogP contribution in [-0.2, 0) is 22.6 Å². The third kappa shape index (κ3) is 6.33. The van der Waals surface area contributed by atoms with Crippen LogP contribution in [0, 0.1) is 5.92 Å². The number of hydroxylamine groups is 2. The second-order valence-corrected chi connectivity index (χ2v) is 9.06. The summed E-state index contributed by atoms with van der Waals surface area (Å²) in [4.78, 5) is 37.7. The number of amides is 4. The van der Waals surface area contributed by atoms with E-state index in [1.807, 2.05) is 44.3 Å². The molecule has 0 aliphatic carbocycles. The Morgan fingerprint density at radius 3 is 2.73 bits per heavy atom. The molecule has 2 bridgehead atoms. The first kappa shape index (κ1) is 24.7. The smallest absolute Gasteiger partial charge is 0.349 e. The van der Waals surface area contributed by atoms with E-state index in [0.29, 0.717) is 13.0 Å². The van der Waals surface area contributed by atoms with E-state index in [1.54, 1.807) is 0 Å². The van der Waals surface area contributed by atoms with E-state index in [4.69, 9.17) is 0 Å². The summed E-state index contributed by atoms with van der Waals surface area (Å²) < 4.78 is 2.16. The molecule has 2 aromatic rings. The van der Waals surface area contributed by atoms with E-state index in [-0.39, 0.29) is 29.7 Å². The van der Waals surface area contributed by atoms with Crippen LogP contribution in [0.5, 0.6) is 0 Å². The maximum absolute atomic E-state index is 12.9. The summed E-state index contributed by atoms with van der Waals surface area (Å²) in [5.74, 6) is -1.24. The fraction of sp³-hybridized carbons (Fsp3) is 0.542. The third-order valence-electron chi connectivity index (χ3n) is 5.99. The topological polar surface area (TPSA) is 124 Å². The zero-order valence-corrected chi connectivity index (χ0v) is 19.3. The number of carbonyl (C=O) groups excluding carboxylic acids is 3. The number of hydrogen-bond acceptors (Lipinski definition) is 5. The van der Waals surface area contributed by atoms with Crippen molar-refractivity contribution in [2.45, 2.75) is 71.1 Å². The molecule has 0 saturated carbocycles. The van der Waals surface area contributed by atoms with Crippen molar-refractivity contribution >= 4 is 28.7 Å². The van der Waals surface area contributed by atoms with Crippen LogP contribution in [-0.4, -0.2) is 56.5 Å². The molecule has 0 spiro atoms. The normalized spacial score (nSPS) is 18.2. The molecule has 1 aromatic carbocycles. The fourth-order valence-electron chi connectivity index (χ4n) is 4.08. The third-order valence-corrected chi connectivity index (χ3v) is 5.99. The molecular weight excluding hydrogens is 424 g/mol. The van der Waals surface area contributed by atoms with Crippen molar-refractivity contribution in [3.8, 4) is 0 Å². The summed E-state index contributed by atoms with van der Waals surface area (Å²) in [6.45, 7) is 5.23. The Bertz CT molecular complexity index is 986. The van der Waals surface area contributed by atoms with Gasteiger partial charge in [0.1, 0.15) is 12.1 Å². The molecule has 1 unspecified atom stereocenters. The Morgan fingerprint density at radius 2 is 1.97 bits per heavy atom. The average Bonchev–Trinajstić information content (AvgIpc) is 3.14. The number of rotatable bonds is 5. The highest BCUT2D eigenvalue weighted by atomic mass is 16.5. The summed E-state index contributed by atoms with van der Waals surface area (Å²) in [6.07, 6.45) is 4.15. The van der Waals surface area contributed by atoms with E-state index in [0.717, 1.165) is 42.3 Å². The molecule has 9 heteroatoms. The van der Waals surface area contributed by atoms with Gasteiger partial charge in [0.05, 0.1) is 0 Å². The van der Waals surface area contributed by atoms with Gasteiger partial charge in [0.25, 0.3) is 5.91 Å². The predicted molar refractivity (Wildman–Crippen MR) is 124 cm³/mol. The minimum atomic E-state index is -1.49. The van der Waals surface area contributed by atoms with Crippen molar-refractivity contribution in [1.29, 1.82) is 0 Å². The molecule has 3 rings (SSSR count). The molecular formula is C24H34N4O5. The second kappa shape index (κ2) is 11.3. The summed E-state index contributed by atoms with van der Waals surface area (Å²) >= 11 is 0. The van der Waals surface area contributed by atoms with Gasteiger partial charge in [-0.05, 0) is 49.7 Å². The molecule has 1 aromatic heterocycles. The van der Waals surface area contributed by atoms with Gasteiger partial charge in [-0.2, -0.15) is 0 Å². The molecule has 4 N–H and O–H groups in total. The molecule has 1 aliphatic rings. The standard InChI is InChI=1S/C24H34N4O5/c1-16(2)10-11-21(29)23(31)28(33)24(32)26-19-14-17-15-27(20-9-5-4-8-18(17)20)13-7-3-6-12-25-22(19)30/h4-5,8-9,15-16,19,21,29,33H,3,6-7,10-14H2,1-2H3,(H,25,30)(H,26,32)/t19-,21?/m0/s1. The van der Waals surface area contributed by atoms with Crippen LogP contribution in [0.25, 0.3) is 10.9 Å². The number of nitrogens with zero attached hydrogens (tertiary/aromatic N) is 2. The molecule has 0 fully saturated rings. The Hall–Kier alpha value is -2.91. The number of aliphatic hydroxyl groups excluding tert-OH is 1. The number of imide groups is 1. The number of aryl methyl sites for hydroxylation is 1. The minimum Gasteiger partial charge on any atom is -0.383 e. The Morgan fingerprint density at radius 1 is 1.21 bits per heavy atom. The second-order valence-electron chi connectivity index (χ2n) is 9.06. The molecule has 9 nitrogen and oxygen atoms in total. The highest BCUT2D eigenvalue weighted by Crippen LogP contribution is 2.24. The molecule has 180 valence electrons. The molecule has 1 aliphatic heterocycles. The minimum absolute atomic E-state index is 0.127. The predicted octanol–water partition coefficient (Wildman–Crippen LogP) is 2.58. The quantitative estimate of drug-likeness (QED) is 0.405. The SMILES string of the molecule is CC(C)CCC(O)C(=O)N(O)C(=O)N[C@H]1Cc2cn(c3ccccc23)CCCCCNC1=O. The van der Waals surface area contributed by atoms with Gasteiger partial charge in [-0.3, -0.25) is 14.8 Å². The van der Waals surface area contributed by atoms with Crippen molar-refractivity contribution < 1.29 is 24.7 Å². The average molecular weight is 459 g/mol. The summed E-state index contributed by atoms with van der Waals surface area (Å²) in [5.41, 5.74) is 1.95. The zero-order valence-electron chi connectivity index (χ0n) is 19.3. The lowest BCUT2D eigenvalue weighted by Crippen LogP contribution is -2.54. The van der Waals surface area contributed by atoms with Crippen molar-refractivity contribution in [3.05, 3.63) is 36.0 Å². The number of para-hydroxylation sites is 1. The van der Waals surface area contributed by atoms with Gasteiger partial charge in [-0.15, -0.1) is 5.06 Å². The van der Waals surface area contributed by atoms with Gasteiger partial charge in [0, 0.05) is 36.6 Å². The van der Waals surface area contributed by atoms with Gasteiger partial charge in [-0.1, -0.05) is 32.0 Å². The van der Waals surface area contributed by atoms with Crippen LogP contribution in [0.4, 0.5) is 4.79 Å². The van der Waals surface area contributed by atoms with E-state index in [2.05, 4.69) is 15.2 Å². The Labute approximate surface area is 193 Å². The van der Waals surface area contributed by atoms with Crippen LogP contribution in [0.2, 0.25) is 0 Å². The summed E-state index contributed by atoms with van der Waals surface area (Å²) in [7, 11) is 0. The number of benzene rings is 1. The molecule has 0 radical (unpaired) electrons. The Balaban J connectivity index is 1.78. The lowest BCUT2D eigenvalue weighted by Gasteiger charge is -2.22. The van der Waals surface area contributed by atoms with E-state index < -0.39 is 24.1 Å². The van der Waals surface area contributed by atoms with Crippen LogP contribution >= 0.6 is 0 Å². The van der Waals surface area contributed by atoms with Crippen LogP contribution in [0.1, 0.15) is 51.5 Å². The highest BCUT2D eigenvalue weighted by molar-refractivity contribution is 5.97. The first-order chi connectivity index (χ1) is 15.8. The van der Waals surface area contributed by atoms with Gasteiger partial charge < -0.3 is 20.3 Å². The number of urea groups is 1. The molecule has 4 amide bonds. The van der Waals surface area contributed by atoms with Crippen molar-refractivity contribution in [2.24, 2.45) is 5.92 Å². The van der Waals surface area contributed by atoms with Crippen LogP contribution in [0.15, 0.2) is 30.5 Å². The van der Waals surface area contributed by atoms with Gasteiger partial charge in [-0.25, -0.2) is 4.79 Å². The van der Waals surface area contributed by atoms with Gasteiger partial charge in [0.15, 0.2) is 0 Å².